The monoisotopic (exact) mass is 430 g/mol. The number of sulfonamides is 1. The molecule has 2 aromatic rings. The first-order valence-corrected chi connectivity index (χ1v) is 11.7. The lowest BCUT2D eigenvalue weighted by Crippen LogP contribution is -2.38. The maximum absolute atomic E-state index is 12.9. The number of anilines is 2. The highest BCUT2D eigenvalue weighted by molar-refractivity contribution is 7.92. The molecule has 0 radical (unpaired) electrons. The third kappa shape index (κ3) is 4.61. The molecule has 1 aliphatic heterocycles. The summed E-state index contributed by atoms with van der Waals surface area (Å²) in [6, 6.07) is 10.2. The molecular weight excluding hydrogens is 400 g/mol. The van der Waals surface area contributed by atoms with E-state index in [1.54, 1.807) is 29.2 Å². The van der Waals surface area contributed by atoms with Crippen molar-refractivity contribution in [1.82, 2.24) is 0 Å². The zero-order chi connectivity index (χ0) is 22.1. The van der Waals surface area contributed by atoms with Crippen molar-refractivity contribution in [2.45, 2.75) is 52.4 Å². The zero-order valence-corrected chi connectivity index (χ0v) is 19.1. The number of nitrogens with one attached hydrogen (secondary N) is 1. The summed E-state index contributed by atoms with van der Waals surface area (Å²) in [5.74, 6) is 0.757. The van der Waals surface area contributed by atoms with Gasteiger partial charge in [-0.25, -0.2) is 8.42 Å². The third-order valence-electron chi connectivity index (χ3n) is 5.03. The highest BCUT2D eigenvalue weighted by atomic mass is 32.2. The first-order valence-electron chi connectivity index (χ1n) is 10.2. The van der Waals surface area contributed by atoms with E-state index in [9.17, 15) is 13.2 Å². The summed E-state index contributed by atoms with van der Waals surface area (Å²) in [7, 11) is -3.73. The maximum atomic E-state index is 12.9. The molecule has 0 saturated heterocycles. The Morgan fingerprint density at radius 3 is 2.53 bits per heavy atom. The van der Waals surface area contributed by atoms with Gasteiger partial charge in [0.1, 0.15) is 5.75 Å². The Morgan fingerprint density at radius 2 is 1.90 bits per heavy atom. The van der Waals surface area contributed by atoms with E-state index in [1.807, 2.05) is 46.8 Å². The Kier molecular flexibility index (Phi) is 6.13. The fourth-order valence-electron chi connectivity index (χ4n) is 3.46. The number of ether oxygens (including phenoxy) is 1. The third-order valence-corrected chi connectivity index (χ3v) is 6.41. The van der Waals surface area contributed by atoms with E-state index < -0.39 is 15.4 Å². The Hall–Kier alpha value is -2.54. The summed E-state index contributed by atoms with van der Waals surface area (Å²) < 4.78 is 34.0. The molecule has 1 heterocycles. The van der Waals surface area contributed by atoms with Crippen LogP contribution in [0.5, 0.6) is 5.75 Å². The number of hydrogen-bond acceptors (Lipinski definition) is 4. The van der Waals surface area contributed by atoms with Gasteiger partial charge in [-0.3, -0.25) is 9.52 Å². The second kappa shape index (κ2) is 8.30. The van der Waals surface area contributed by atoms with Gasteiger partial charge in [-0.1, -0.05) is 27.7 Å². The molecule has 30 heavy (non-hydrogen) atoms. The number of fused-ring (bicyclic) bond motifs is 1. The van der Waals surface area contributed by atoms with Crippen LogP contribution >= 0.6 is 0 Å². The van der Waals surface area contributed by atoms with E-state index in [1.165, 1.54) is 0 Å². The quantitative estimate of drug-likeness (QED) is 0.731. The molecule has 0 spiro atoms. The molecule has 0 atom stereocenters. The van der Waals surface area contributed by atoms with Crippen LogP contribution in [0.3, 0.4) is 0 Å². The average Bonchev–Trinajstić information content (AvgIpc) is 3.08. The second-order valence-electron chi connectivity index (χ2n) is 8.68. The van der Waals surface area contributed by atoms with Gasteiger partial charge in [0.15, 0.2) is 0 Å². The van der Waals surface area contributed by atoms with Crippen molar-refractivity contribution >= 4 is 27.3 Å². The molecule has 0 unspecified atom stereocenters. The summed E-state index contributed by atoms with van der Waals surface area (Å²) in [6.45, 7) is 10.8. The van der Waals surface area contributed by atoms with Gasteiger partial charge >= 0.3 is 0 Å². The smallest absolute Gasteiger partial charge is 0.261 e. The normalized spacial score (nSPS) is 13.8. The number of nitrogens with zero attached hydrogens (tertiary/aromatic N) is 1. The molecule has 0 aliphatic carbocycles. The Labute approximate surface area is 179 Å². The minimum absolute atomic E-state index is 0.0652. The molecule has 1 N–H and O–H groups in total. The lowest BCUT2D eigenvalue weighted by atomic mass is 9.94. The largest absolute Gasteiger partial charge is 0.493 e. The highest BCUT2D eigenvalue weighted by Crippen LogP contribution is 2.34. The van der Waals surface area contributed by atoms with Crippen molar-refractivity contribution in [3.63, 3.8) is 0 Å². The van der Waals surface area contributed by atoms with Crippen LogP contribution in [0.15, 0.2) is 41.3 Å². The van der Waals surface area contributed by atoms with Crippen LogP contribution in [0.2, 0.25) is 0 Å². The van der Waals surface area contributed by atoms with E-state index in [-0.39, 0.29) is 10.8 Å². The molecule has 0 bridgehead atoms. The van der Waals surface area contributed by atoms with Gasteiger partial charge in [0.2, 0.25) is 5.91 Å². The van der Waals surface area contributed by atoms with Crippen LogP contribution in [0, 0.1) is 12.3 Å². The Bertz CT molecular complexity index is 1060. The average molecular weight is 431 g/mol. The molecule has 0 fully saturated rings. The number of carbonyl (C=O) groups excluding carboxylic acids is 1. The Morgan fingerprint density at radius 1 is 1.17 bits per heavy atom. The molecular formula is C23H30N2O4S. The highest BCUT2D eigenvalue weighted by Gasteiger charge is 2.32. The maximum Gasteiger partial charge on any atom is 0.261 e. The van der Waals surface area contributed by atoms with E-state index in [0.29, 0.717) is 31.0 Å². The number of aryl methyl sites for hydroxylation is 1. The standard InChI is InChI=1S/C23H30N2O4S/c1-6-13-29-21-10-8-19(14-16(21)2)30(27,28)24-18-7-9-20-17(15-18)11-12-25(20)22(26)23(3,4)5/h7-10,14-15,24H,6,11-13H2,1-5H3. The number of rotatable bonds is 6. The SMILES string of the molecule is CCCOc1ccc(S(=O)(=O)Nc2ccc3c(c2)CCN3C(=O)C(C)(C)C)cc1C. The lowest BCUT2D eigenvalue weighted by molar-refractivity contribution is -0.125. The summed E-state index contributed by atoms with van der Waals surface area (Å²) in [5.41, 5.74) is 2.62. The van der Waals surface area contributed by atoms with Crippen LogP contribution in [-0.4, -0.2) is 27.5 Å². The van der Waals surface area contributed by atoms with Gasteiger partial charge in [-0.15, -0.1) is 0 Å². The Balaban J connectivity index is 1.80. The van der Waals surface area contributed by atoms with E-state index in [4.69, 9.17) is 4.74 Å². The lowest BCUT2D eigenvalue weighted by Gasteiger charge is -2.26. The predicted octanol–water partition coefficient (Wildman–Crippen LogP) is 4.52. The van der Waals surface area contributed by atoms with Crippen molar-refractivity contribution in [2.75, 3.05) is 22.8 Å². The fourth-order valence-corrected chi connectivity index (χ4v) is 4.59. The topological polar surface area (TPSA) is 75.7 Å². The van der Waals surface area contributed by atoms with Crippen molar-refractivity contribution in [3.8, 4) is 5.75 Å². The summed E-state index contributed by atoms with van der Waals surface area (Å²) in [4.78, 5) is 14.6. The van der Waals surface area contributed by atoms with Gasteiger partial charge in [0.25, 0.3) is 10.0 Å². The number of benzene rings is 2. The summed E-state index contributed by atoms with van der Waals surface area (Å²) >= 11 is 0. The molecule has 162 valence electrons. The summed E-state index contributed by atoms with van der Waals surface area (Å²) in [6.07, 6.45) is 1.59. The van der Waals surface area contributed by atoms with Crippen LogP contribution in [0.4, 0.5) is 11.4 Å². The molecule has 1 aliphatic rings. The second-order valence-corrected chi connectivity index (χ2v) is 10.4. The van der Waals surface area contributed by atoms with E-state index in [2.05, 4.69) is 4.72 Å². The summed E-state index contributed by atoms with van der Waals surface area (Å²) in [5, 5.41) is 0. The first kappa shape index (κ1) is 22.2. The van der Waals surface area contributed by atoms with Gasteiger partial charge in [0.05, 0.1) is 11.5 Å². The zero-order valence-electron chi connectivity index (χ0n) is 18.3. The number of amides is 1. The van der Waals surface area contributed by atoms with E-state index >= 15 is 0 Å². The van der Waals surface area contributed by atoms with Crippen LogP contribution in [0.25, 0.3) is 0 Å². The molecule has 0 saturated carbocycles. The molecule has 1 amide bonds. The van der Waals surface area contributed by atoms with Gasteiger partial charge < -0.3 is 9.64 Å². The van der Waals surface area contributed by atoms with Crippen LogP contribution in [-0.2, 0) is 21.2 Å². The molecule has 0 aromatic heterocycles. The van der Waals surface area contributed by atoms with Crippen LogP contribution < -0.4 is 14.4 Å². The molecule has 6 nitrogen and oxygen atoms in total. The fraction of sp³-hybridized carbons (Fsp3) is 0.435. The van der Waals surface area contributed by atoms with E-state index in [0.717, 1.165) is 23.2 Å². The van der Waals surface area contributed by atoms with Crippen molar-refractivity contribution < 1.29 is 17.9 Å². The predicted molar refractivity (Wildman–Crippen MR) is 120 cm³/mol. The van der Waals surface area contributed by atoms with Crippen LogP contribution in [0.1, 0.15) is 45.2 Å². The van der Waals surface area contributed by atoms with Gasteiger partial charge in [-0.2, -0.15) is 0 Å². The van der Waals surface area contributed by atoms with Crippen molar-refractivity contribution in [1.29, 1.82) is 0 Å². The minimum Gasteiger partial charge on any atom is -0.493 e. The number of hydrogen-bond donors (Lipinski definition) is 1. The molecule has 7 heteroatoms. The van der Waals surface area contributed by atoms with Gasteiger partial charge in [-0.05, 0) is 67.3 Å². The molecule has 2 aromatic carbocycles. The molecule has 3 rings (SSSR count). The first-order chi connectivity index (χ1) is 14.0. The van der Waals surface area contributed by atoms with Gasteiger partial charge in [0, 0.05) is 23.3 Å². The van der Waals surface area contributed by atoms with Crippen molar-refractivity contribution in [2.24, 2.45) is 5.41 Å². The number of carbonyl (C=O) groups is 1. The van der Waals surface area contributed by atoms with Crippen molar-refractivity contribution in [3.05, 3.63) is 47.5 Å². The minimum atomic E-state index is -3.73.